The molecule has 0 aliphatic heterocycles. The number of rotatable bonds is 3. The van der Waals surface area contributed by atoms with Gasteiger partial charge in [0.05, 0.1) is 0 Å². The van der Waals surface area contributed by atoms with Crippen molar-refractivity contribution in [2.45, 2.75) is 12.3 Å². The van der Waals surface area contributed by atoms with Gasteiger partial charge in [-0.15, -0.1) is 0 Å². The number of hydrazine groups is 1. The number of anilines is 1. The van der Waals surface area contributed by atoms with E-state index in [1.54, 1.807) is 0 Å². The molecule has 0 saturated heterocycles. The summed E-state index contributed by atoms with van der Waals surface area (Å²) >= 11 is 0. The van der Waals surface area contributed by atoms with Crippen LogP contribution in [0.1, 0.15) is 0 Å². The van der Waals surface area contributed by atoms with Crippen molar-refractivity contribution in [1.29, 1.82) is 0 Å². The van der Waals surface area contributed by atoms with E-state index in [0.717, 1.165) is 12.1 Å². The molecule has 0 bridgehead atoms. The highest BCUT2D eigenvalue weighted by Gasteiger charge is 2.61. The van der Waals surface area contributed by atoms with E-state index >= 15 is 0 Å². The maximum atomic E-state index is 12.4. The van der Waals surface area contributed by atoms with Crippen LogP contribution in [-0.4, -0.2) is 12.3 Å². The fraction of sp³-hybridized carbons (Fsp3) is 0.250. The van der Waals surface area contributed by atoms with Crippen LogP contribution < -0.4 is 16.0 Å². The summed E-state index contributed by atoms with van der Waals surface area (Å²) < 4.78 is 63.6. The van der Waals surface area contributed by atoms with E-state index in [0.29, 0.717) is 5.69 Å². The Morgan fingerprint density at radius 3 is 1.88 bits per heavy atom. The van der Waals surface area contributed by atoms with Gasteiger partial charge in [-0.3, -0.25) is 5.84 Å². The molecule has 0 saturated carbocycles. The standard InChI is InChI=1S/C8H7F5N2O/c9-7(10,11)8(12,13)16-6-3-1-5(15-14)2-4-6/h1-4,15H,14H2. The summed E-state index contributed by atoms with van der Waals surface area (Å²) in [6.07, 6.45) is -11.0. The molecule has 90 valence electrons. The van der Waals surface area contributed by atoms with E-state index in [-0.39, 0.29) is 0 Å². The molecule has 0 spiro atoms. The van der Waals surface area contributed by atoms with Crippen LogP contribution in [-0.2, 0) is 0 Å². The van der Waals surface area contributed by atoms with Gasteiger partial charge < -0.3 is 10.2 Å². The minimum absolute atomic E-state index is 0.350. The Morgan fingerprint density at radius 1 is 1.00 bits per heavy atom. The van der Waals surface area contributed by atoms with Crippen molar-refractivity contribution < 1.29 is 26.7 Å². The van der Waals surface area contributed by atoms with Gasteiger partial charge in [-0.05, 0) is 24.3 Å². The Morgan fingerprint density at radius 2 is 1.50 bits per heavy atom. The molecule has 16 heavy (non-hydrogen) atoms. The van der Waals surface area contributed by atoms with E-state index in [2.05, 4.69) is 10.2 Å². The van der Waals surface area contributed by atoms with Crippen LogP contribution in [0, 0.1) is 0 Å². The minimum Gasteiger partial charge on any atom is -0.426 e. The van der Waals surface area contributed by atoms with Crippen LogP contribution in [0.25, 0.3) is 0 Å². The number of benzene rings is 1. The maximum absolute atomic E-state index is 12.4. The molecule has 0 aliphatic carbocycles. The number of hydrogen-bond acceptors (Lipinski definition) is 3. The smallest absolute Gasteiger partial charge is 0.426 e. The topological polar surface area (TPSA) is 47.3 Å². The van der Waals surface area contributed by atoms with Crippen LogP contribution in [0.3, 0.4) is 0 Å². The van der Waals surface area contributed by atoms with Crippen LogP contribution >= 0.6 is 0 Å². The highest BCUT2D eigenvalue weighted by atomic mass is 19.4. The quantitative estimate of drug-likeness (QED) is 0.486. The second-order valence-corrected chi connectivity index (χ2v) is 2.79. The van der Waals surface area contributed by atoms with Crippen molar-refractivity contribution in [2.24, 2.45) is 5.84 Å². The first-order valence-electron chi connectivity index (χ1n) is 3.96. The Bertz CT molecular complexity index is 348. The Labute approximate surface area is 87.0 Å². The number of nitrogens with one attached hydrogen (secondary N) is 1. The van der Waals surface area contributed by atoms with Gasteiger partial charge in [0.2, 0.25) is 0 Å². The lowest BCUT2D eigenvalue weighted by Crippen LogP contribution is -2.41. The predicted octanol–water partition coefficient (Wildman–Crippen LogP) is 2.51. The fourth-order valence-electron chi connectivity index (χ4n) is 0.825. The molecular weight excluding hydrogens is 235 g/mol. The van der Waals surface area contributed by atoms with Crippen LogP contribution in [0.5, 0.6) is 5.75 Å². The van der Waals surface area contributed by atoms with Crippen molar-refractivity contribution >= 4 is 5.69 Å². The monoisotopic (exact) mass is 242 g/mol. The zero-order valence-corrected chi connectivity index (χ0v) is 7.68. The third-order valence-corrected chi connectivity index (χ3v) is 1.60. The summed E-state index contributed by atoms with van der Waals surface area (Å²) in [5.74, 6) is 4.37. The van der Waals surface area contributed by atoms with Gasteiger partial charge in [-0.2, -0.15) is 22.0 Å². The summed E-state index contributed by atoms with van der Waals surface area (Å²) in [6.45, 7) is 0. The molecule has 0 fully saturated rings. The number of halogens is 5. The lowest BCUT2D eigenvalue weighted by atomic mass is 10.3. The van der Waals surface area contributed by atoms with Gasteiger partial charge in [-0.25, -0.2) is 0 Å². The van der Waals surface area contributed by atoms with Gasteiger partial charge >= 0.3 is 12.3 Å². The van der Waals surface area contributed by atoms with E-state index in [4.69, 9.17) is 5.84 Å². The van der Waals surface area contributed by atoms with Gasteiger partial charge in [0, 0.05) is 5.69 Å². The molecule has 0 radical (unpaired) electrons. The van der Waals surface area contributed by atoms with E-state index in [1.807, 2.05) is 0 Å². The molecule has 0 heterocycles. The third-order valence-electron chi connectivity index (χ3n) is 1.60. The summed E-state index contributed by atoms with van der Waals surface area (Å²) in [6, 6.07) is 4.27. The SMILES string of the molecule is NNc1ccc(OC(F)(F)C(F)(F)F)cc1. The molecule has 3 N–H and O–H groups in total. The molecule has 0 aromatic heterocycles. The molecular formula is C8H7F5N2O. The van der Waals surface area contributed by atoms with E-state index < -0.39 is 18.0 Å². The summed E-state index contributed by atoms with van der Waals surface area (Å²) in [5.41, 5.74) is 2.53. The second kappa shape index (κ2) is 4.12. The number of nitrogen functional groups attached to an aromatic ring is 1. The Kier molecular flexibility index (Phi) is 3.22. The first-order chi connectivity index (χ1) is 7.26. The van der Waals surface area contributed by atoms with Crippen LogP contribution in [0.15, 0.2) is 24.3 Å². The molecule has 8 heteroatoms. The molecule has 0 amide bonds. The van der Waals surface area contributed by atoms with E-state index in [9.17, 15) is 22.0 Å². The van der Waals surface area contributed by atoms with Gasteiger partial charge in [0.25, 0.3) is 0 Å². The van der Waals surface area contributed by atoms with Crippen molar-refractivity contribution in [3.63, 3.8) is 0 Å². The third kappa shape index (κ3) is 2.72. The maximum Gasteiger partial charge on any atom is 0.499 e. The van der Waals surface area contributed by atoms with E-state index in [1.165, 1.54) is 12.1 Å². The average molecular weight is 242 g/mol. The zero-order valence-electron chi connectivity index (χ0n) is 7.68. The first-order valence-corrected chi connectivity index (χ1v) is 3.96. The number of alkyl halides is 5. The summed E-state index contributed by atoms with van der Waals surface area (Å²) in [4.78, 5) is 0. The highest BCUT2D eigenvalue weighted by molar-refractivity contribution is 5.45. The zero-order chi connectivity index (χ0) is 12.4. The van der Waals surface area contributed by atoms with Gasteiger partial charge in [-0.1, -0.05) is 0 Å². The molecule has 1 rings (SSSR count). The summed E-state index contributed by atoms with van der Waals surface area (Å²) in [7, 11) is 0. The molecule has 3 nitrogen and oxygen atoms in total. The lowest BCUT2D eigenvalue weighted by molar-refractivity contribution is -0.360. The molecule has 1 aromatic carbocycles. The Balaban J connectivity index is 2.80. The van der Waals surface area contributed by atoms with Gasteiger partial charge in [0.1, 0.15) is 5.75 Å². The first kappa shape index (κ1) is 12.5. The summed E-state index contributed by atoms with van der Waals surface area (Å²) in [5, 5.41) is 0. The fourth-order valence-corrected chi connectivity index (χ4v) is 0.825. The van der Waals surface area contributed by atoms with Crippen molar-refractivity contribution in [1.82, 2.24) is 0 Å². The predicted molar refractivity (Wildman–Crippen MR) is 45.9 cm³/mol. The Hall–Kier alpha value is -1.57. The largest absolute Gasteiger partial charge is 0.499 e. The van der Waals surface area contributed by atoms with Crippen molar-refractivity contribution in [2.75, 3.05) is 5.43 Å². The van der Waals surface area contributed by atoms with Crippen molar-refractivity contribution in [3.05, 3.63) is 24.3 Å². The van der Waals surface area contributed by atoms with Crippen LogP contribution in [0.2, 0.25) is 0 Å². The van der Waals surface area contributed by atoms with Crippen LogP contribution in [0.4, 0.5) is 27.6 Å². The molecule has 1 aromatic rings. The number of hydrogen-bond donors (Lipinski definition) is 2. The highest BCUT2D eigenvalue weighted by Crippen LogP contribution is 2.37. The molecule has 0 atom stereocenters. The van der Waals surface area contributed by atoms with Crippen molar-refractivity contribution in [3.8, 4) is 5.75 Å². The van der Waals surface area contributed by atoms with Gasteiger partial charge in [0.15, 0.2) is 0 Å². The normalized spacial score (nSPS) is 12.4. The minimum atomic E-state index is -5.75. The molecule has 0 aliphatic rings. The number of ether oxygens (including phenoxy) is 1. The molecule has 0 unspecified atom stereocenters. The number of nitrogens with two attached hydrogens (primary N) is 1. The lowest BCUT2D eigenvalue weighted by Gasteiger charge is -2.20. The average Bonchev–Trinajstić information content (AvgIpc) is 2.16. The second-order valence-electron chi connectivity index (χ2n) is 2.79.